The zero-order chi connectivity index (χ0) is 22.6. The van der Waals surface area contributed by atoms with Crippen LogP contribution in [0.2, 0.25) is 0 Å². The molecule has 0 unspecified atom stereocenters. The predicted octanol–water partition coefficient (Wildman–Crippen LogP) is 4.17. The second-order valence-electron chi connectivity index (χ2n) is 8.79. The van der Waals surface area contributed by atoms with Gasteiger partial charge >= 0.3 is 6.09 Å². The molecule has 8 nitrogen and oxygen atoms in total. The first-order chi connectivity index (χ1) is 14.6. The monoisotopic (exact) mass is 429 g/mol. The van der Waals surface area contributed by atoms with Crippen LogP contribution >= 0.6 is 0 Å². The molecule has 3 rings (SSSR count). The minimum Gasteiger partial charge on any atom is -0.467 e. The largest absolute Gasteiger partial charge is 0.467 e. The van der Waals surface area contributed by atoms with Crippen LogP contribution in [0.25, 0.3) is 0 Å². The summed E-state index contributed by atoms with van der Waals surface area (Å²) in [7, 11) is 0. The number of ether oxygens (including phenoxy) is 2. The lowest BCUT2D eigenvalue weighted by Gasteiger charge is -2.37. The Bertz CT molecular complexity index is 908. The molecule has 0 bridgehead atoms. The van der Waals surface area contributed by atoms with E-state index >= 15 is 0 Å². The molecule has 1 saturated heterocycles. The smallest absolute Gasteiger partial charge is 0.408 e. The highest BCUT2D eigenvalue weighted by Gasteiger charge is 2.24. The van der Waals surface area contributed by atoms with Crippen LogP contribution in [0.1, 0.15) is 50.7 Å². The van der Waals surface area contributed by atoms with Gasteiger partial charge in [0.1, 0.15) is 17.6 Å². The first-order valence-electron chi connectivity index (χ1n) is 10.5. The van der Waals surface area contributed by atoms with E-state index in [1.165, 1.54) is 6.26 Å². The molecule has 2 aromatic rings. The Morgan fingerprint density at radius 1 is 1.16 bits per heavy atom. The van der Waals surface area contributed by atoms with Gasteiger partial charge in [0.05, 0.1) is 35.7 Å². The predicted molar refractivity (Wildman–Crippen MR) is 118 cm³/mol. The molecule has 0 aliphatic carbocycles. The van der Waals surface area contributed by atoms with Crippen LogP contribution in [0.5, 0.6) is 0 Å². The zero-order valence-electron chi connectivity index (χ0n) is 18.7. The van der Waals surface area contributed by atoms with Crippen molar-refractivity contribution in [2.75, 3.05) is 23.3 Å². The number of carbonyl (C=O) groups excluding carboxylic acids is 2. The summed E-state index contributed by atoms with van der Waals surface area (Å²) in [5.74, 6) is 0.175. The number of nitrogens with zero attached hydrogens (tertiary/aromatic N) is 1. The Morgan fingerprint density at radius 3 is 2.52 bits per heavy atom. The molecule has 2 heterocycles. The molecule has 2 atom stereocenters. The lowest BCUT2D eigenvalue weighted by Crippen LogP contribution is -2.45. The van der Waals surface area contributed by atoms with Crippen LogP contribution in [0.15, 0.2) is 41.0 Å². The van der Waals surface area contributed by atoms with Crippen LogP contribution in [0.3, 0.4) is 0 Å². The highest BCUT2D eigenvalue weighted by atomic mass is 16.6. The third-order valence-electron chi connectivity index (χ3n) is 4.63. The lowest BCUT2D eigenvalue weighted by atomic mass is 10.1. The zero-order valence-corrected chi connectivity index (χ0v) is 18.7. The van der Waals surface area contributed by atoms with E-state index in [2.05, 4.69) is 15.5 Å². The average Bonchev–Trinajstić information content (AvgIpc) is 3.14. The SMILES string of the molecule is C[C@@H]1CN(c2ccccc2NC(=O)c2coc(CNC(=O)OC(C)(C)C)c2)C[C@@H](C)O1. The molecule has 1 aliphatic rings. The number of furan rings is 1. The van der Waals surface area contributed by atoms with Crippen molar-refractivity contribution >= 4 is 23.4 Å². The van der Waals surface area contributed by atoms with Crippen molar-refractivity contribution < 1.29 is 23.5 Å². The summed E-state index contributed by atoms with van der Waals surface area (Å²) in [6.45, 7) is 11.1. The third-order valence-corrected chi connectivity index (χ3v) is 4.63. The van der Waals surface area contributed by atoms with E-state index in [0.29, 0.717) is 11.3 Å². The maximum Gasteiger partial charge on any atom is 0.408 e. The molecule has 0 spiro atoms. The van der Waals surface area contributed by atoms with Gasteiger partial charge in [0.2, 0.25) is 0 Å². The molecule has 2 amide bonds. The molecule has 1 aliphatic heterocycles. The normalized spacial score (nSPS) is 19.1. The molecule has 1 aromatic heterocycles. The quantitative estimate of drug-likeness (QED) is 0.741. The van der Waals surface area contributed by atoms with E-state index in [1.807, 2.05) is 38.1 Å². The van der Waals surface area contributed by atoms with E-state index in [9.17, 15) is 9.59 Å². The average molecular weight is 430 g/mol. The molecule has 1 fully saturated rings. The minimum atomic E-state index is -0.582. The lowest BCUT2D eigenvalue weighted by molar-refractivity contribution is -0.00517. The van der Waals surface area contributed by atoms with E-state index in [1.54, 1.807) is 26.8 Å². The van der Waals surface area contributed by atoms with Crippen molar-refractivity contribution in [2.45, 2.75) is 59.0 Å². The van der Waals surface area contributed by atoms with Crippen LogP contribution < -0.4 is 15.5 Å². The first kappa shape index (κ1) is 22.7. The summed E-state index contributed by atoms with van der Waals surface area (Å²) in [5.41, 5.74) is 1.47. The number of alkyl carbamates (subject to hydrolysis) is 1. The maximum atomic E-state index is 12.8. The fourth-order valence-electron chi connectivity index (χ4n) is 3.49. The van der Waals surface area contributed by atoms with Gasteiger partial charge in [-0.15, -0.1) is 0 Å². The number of anilines is 2. The molecule has 0 saturated carbocycles. The third kappa shape index (κ3) is 6.49. The van der Waals surface area contributed by atoms with E-state index in [4.69, 9.17) is 13.9 Å². The number of para-hydroxylation sites is 2. The number of nitrogens with one attached hydrogen (secondary N) is 2. The van der Waals surface area contributed by atoms with Crippen LogP contribution in [-0.2, 0) is 16.0 Å². The standard InChI is InChI=1S/C23H31N3O5/c1-15-12-26(13-16(2)30-15)20-9-7-6-8-19(20)25-21(27)17-10-18(29-14-17)11-24-22(28)31-23(3,4)5/h6-10,14-16H,11-13H2,1-5H3,(H,24,28)(H,25,27)/t15-,16-/m1/s1. The van der Waals surface area contributed by atoms with E-state index in [0.717, 1.165) is 24.5 Å². The second kappa shape index (κ2) is 9.43. The van der Waals surface area contributed by atoms with Crippen molar-refractivity contribution in [1.82, 2.24) is 5.32 Å². The number of hydrogen-bond donors (Lipinski definition) is 2. The Hall–Kier alpha value is -3.00. The minimum absolute atomic E-state index is 0.112. The molecular weight excluding hydrogens is 398 g/mol. The second-order valence-corrected chi connectivity index (χ2v) is 8.79. The van der Waals surface area contributed by atoms with Crippen molar-refractivity contribution in [3.05, 3.63) is 47.9 Å². The highest BCUT2D eigenvalue weighted by molar-refractivity contribution is 6.05. The summed E-state index contributed by atoms with van der Waals surface area (Å²) in [4.78, 5) is 26.8. The van der Waals surface area contributed by atoms with Gasteiger partial charge in [0.15, 0.2) is 0 Å². The molecule has 8 heteroatoms. The summed E-state index contributed by atoms with van der Waals surface area (Å²) >= 11 is 0. The van der Waals surface area contributed by atoms with Crippen molar-refractivity contribution in [2.24, 2.45) is 0 Å². The Labute approximate surface area is 182 Å². The van der Waals surface area contributed by atoms with Gasteiger partial charge in [-0.05, 0) is 52.8 Å². The van der Waals surface area contributed by atoms with E-state index in [-0.39, 0.29) is 24.7 Å². The van der Waals surface area contributed by atoms with Crippen molar-refractivity contribution in [3.8, 4) is 0 Å². The Balaban J connectivity index is 1.63. The van der Waals surface area contributed by atoms with Gasteiger partial charge in [-0.25, -0.2) is 4.79 Å². The topological polar surface area (TPSA) is 93.0 Å². The number of benzene rings is 1. The molecule has 31 heavy (non-hydrogen) atoms. The van der Waals surface area contributed by atoms with Gasteiger partial charge in [0, 0.05) is 13.1 Å². The van der Waals surface area contributed by atoms with Gasteiger partial charge in [-0.1, -0.05) is 12.1 Å². The fourth-order valence-corrected chi connectivity index (χ4v) is 3.49. The van der Waals surface area contributed by atoms with Crippen LogP contribution in [0.4, 0.5) is 16.2 Å². The molecular formula is C23H31N3O5. The van der Waals surface area contributed by atoms with E-state index < -0.39 is 11.7 Å². The number of hydrogen-bond acceptors (Lipinski definition) is 6. The molecule has 1 aromatic carbocycles. The van der Waals surface area contributed by atoms with Crippen LogP contribution in [-0.4, -0.2) is 42.9 Å². The number of carbonyl (C=O) groups is 2. The first-order valence-corrected chi connectivity index (χ1v) is 10.5. The van der Waals surface area contributed by atoms with Gasteiger partial charge in [-0.3, -0.25) is 4.79 Å². The summed E-state index contributed by atoms with van der Waals surface area (Å²) < 4.78 is 16.4. The van der Waals surface area contributed by atoms with Gasteiger partial charge < -0.3 is 29.4 Å². The van der Waals surface area contributed by atoms with Crippen molar-refractivity contribution in [1.29, 1.82) is 0 Å². The Kier molecular flexibility index (Phi) is 6.90. The van der Waals surface area contributed by atoms with Crippen LogP contribution in [0, 0.1) is 0 Å². The van der Waals surface area contributed by atoms with Gasteiger partial charge in [-0.2, -0.15) is 0 Å². The number of morpholine rings is 1. The van der Waals surface area contributed by atoms with Crippen molar-refractivity contribution in [3.63, 3.8) is 0 Å². The Morgan fingerprint density at radius 2 is 1.84 bits per heavy atom. The fraction of sp³-hybridized carbons (Fsp3) is 0.478. The summed E-state index contributed by atoms with van der Waals surface area (Å²) in [6.07, 6.45) is 1.06. The molecule has 2 N–H and O–H groups in total. The summed E-state index contributed by atoms with van der Waals surface area (Å²) in [6, 6.07) is 9.31. The maximum absolute atomic E-state index is 12.8. The highest BCUT2D eigenvalue weighted by Crippen LogP contribution is 2.29. The number of amides is 2. The summed E-state index contributed by atoms with van der Waals surface area (Å²) in [5, 5.41) is 5.58. The molecule has 0 radical (unpaired) electrons. The van der Waals surface area contributed by atoms with Gasteiger partial charge in [0.25, 0.3) is 5.91 Å². The molecule has 168 valence electrons. The number of rotatable bonds is 5.